The van der Waals surface area contributed by atoms with E-state index < -0.39 is 0 Å². The summed E-state index contributed by atoms with van der Waals surface area (Å²) in [6.45, 7) is 2.13. The van der Waals surface area contributed by atoms with Gasteiger partial charge in [-0.25, -0.2) is 0 Å². The lowest BCUT2D eigenvalue weighted by Crippen LogP contribution is -2.08. The predicted molar refractivity (Wildman–Crippen MR) is 209 cm³/mol. The zero-order chi connectivity index (χ0) is 36.4. The van der Waals surface area contributed by atoms with Gasteiger partial charge in [-0.15, -0.1) is 0 Å². The second-order valence-corrected chi connectivity index (χ2v) is 11.4. The van der Waals surface area contributed by atoms with Gasteiger partial charge in [0.1, 0.15) is 29.1 Å². The Morgan fingerprint density at radius 1 is 0.740 bits per heavy atom. The van der Waals surface area contributed by atoms with Gasteiger partial charge in [0.15, 0.2) is 34.6 Å². The number of phenolic OH excluding ortho intramolecular Hbond substituents is 1. The van der Waals surface area contributed by atoms with Gasteiger partial charge in [0.05, 0.1) is 20.6 Å². The van der Waals surface area contributed by atoms with Crippen molar-refractivity contribution < 1.29 is 36.8 Å². The summed E-state index contributed by atoms with van der Waals surface area (Å²) in [6, 6.07) is 9.63. The molecule has 0 aliphatic heterocycles. The number of unbranched alkanes of at least 4 members (excludes halogenated alkanes) is 1. The molecule has 50 heavy (non-hydrogen) atoms. The summed E-state index contributed by atoms with van der Waals surface area (Å²) in [4.78, 5) is 37.1. The lowest BCUT2D eigenvalue weighted by atomic mass is 10.1. The molecule has 9 heteroatoms. The van der Waals surface area contributed by atoms with E-state index in [1.54, 1.807) is 42.5 Å². The summed E-state index contributed by atoms with van der Waals surface area (Å²) in [5.74, 6) is -0.190. The molecule has 0 radical (unpaired) electrons. The third kappa shape index (κ3) is 17.8. The molecule has 8 nitrogen and oxygen atoms in total. The number of halogens is 1. The first-order chi connectivity index (χ1) is 24.3. The molecule has 0 heterocycles. The van der Waals surface area contributed by atoms with Crippen LogP contribution >= 0.6 is 23.0 Å². The fourth-order valence-electron chi connectivity index (χ4n) is 4.33. The highest BCUT2D eigenvalue weighted by molar-refractivity contribution is 14.1. The first kappa shape index (κ1) is 41.7. The maximum absolute atomic E-state index is 12.4. The largest absolute Gasteiger partial charge is 0.504 e. The molecule has 0 fully saturated rings. The van der Waals surface area contributed by atoms with Gasteiger partial charge < -0.3 is 22.4 Å². The monoisotopic (exact) mass is 794 g/mol. The Kier molecular flexibility index (Phi) is 21.2. The zero-order valence-corrected chi connectivity index (χ0v) is 31.1. The molecule has 266 valence electrons. The Hall–Kier alpha value is -4.48. The van der Waals surface area contributed by atoms with Crippen molar-refractivity contribution in [1.82, 2.24) is 0 Å². The maximum atomic E-state index is 12.4. The van der Waals surface area contributed by atoms with E-state index in [9.17, 15) is 19.5 Å². The number of carbonyl (C=O) groups excluding carboxylic acids is 3. The smallest absolute Gasteiger partial charge is 0.311 e. The predicted octanol–water partition coefficient (Wildman–Crippen LogP) is 9.84. The molecule has 2 rings (SSSR count). The van der Waals surface area contributed by atoms with Gasteiger partial charge in [-0.1, -0.05) is 92.0 Å². The number of ketones is 2. The molecular weight excluding hydrogens is 747 g/mol. The summed E-state index contributed by atoms with van der Waals surface area (Å²) >= 11 is 1.91. The number of methoxy groups -OCH3 is 2. The minimum absolute atomic E-state index is 0.00548. The number of esters is 1. The highest BCUT2D eigenvalue weighted by atomic mass is 127. The van der Waals surface area contributed by atoms with Crippen LogP contribution in [0.25, 0.3) is 12.2 Å². The second-order valence-electron chi connectivity index (χ2n) is 10.9. The number of benzene rings is 2. The SMILES string of the molecule is CC/C=C\C/C=C\C/C=C\[C@@H](/C=C\C/C=C\CCCC(=O)Oc1ccc(/C=C/C(=O)CC(=O)/C=C/c2ccc(O)c(OC)c2)cc1OC)OI. The Balaban J connectivity index is 1.73. The van der Waals surface area contributed by atoms with Crippen molar-refractivity contribution in [2.75, 3.05) is 14.2 Å². The molecule has 0 saturated carbocycles. The third-order valence-corrected chi connectivity index (χ3v) is 7.53. The molecule has 0 aliphatic rings. The van der Waals surface area contributed by atoms with E-state index in [2.05, 4.69) is 49.5 Å². The molecule has 0 aromatic heterocycles. The van der Waals surface area contributed by atoms with Crippen LogP contribution in [0.4, 0.5) is 0 Å². The molecule has 0 aliphatic carbocycles. The average molecular weight is 795 g/mol. The lowest BCUT2D eigenvalue weighted by molar-refractivity contribution is -0.134. The number of rotatable bonds is 23. The van der Waals surface area contributed by atoms with E-state index in [-0.39, 0.29) is 53.7 Å². The minimum Gasteiger partial charge on any atom is -0.504 e. The maximum Gasteiger partial charge on any atom is 0.311 e. The normalized spacial score (nSPS) is 12.8. The summed E-state index contributed by atoms with van der Waals surface area (Å²) in [5.41, 5.74) is 1.29. The van der Waals surface area contributed by atoms with Crippen LogP contribution in [-0.2, 0) is 17.4 Å². The van der Waals surface area contributed by atoms with Crippen molar-refractivity contribution in [2.45, 2.75) is 64.4 Å². The molecule has 2 aromatic carbocycles. The van der Waals surface area contributed by atoms with Crippen LogP contribution < -0.4 is 14.2 Å². The Labute approximate surface area is 310 Å². The molecule has 1 N–H and O–H groups in total. The zero-order valence-electron chi connectivity index (χ0n) is 29.0. The third-order valence-electron chi connectivity index (χ3n) is 6.95. The molecule has 1 atom stereocenters. The molecule has 2 aromatic rings. The van der Waals surface area contributed by atoms with Crippen LogP contribution in [-0.4, -0.2) is 43.0 Å². The van der Waals surface area contributed by atoms with Crippen LogP contribution in [0.3, 0.4) is 0 Å². The molecule has 0 spiro atoms. The van der Waals surface area contributed by atoms with Crippen LogP contribution in [0.2, 0.25) is 0 Å². The average Bonchev–Trinajstić information content (AvgIpc) is 3.12. The quantitative estimate of drug-likeness (QED) is 0.0225. The lowest BCUT2D eigenvalue weighted by Gasteiger charge is -2.10. The highest BCUT2D eigenvalue weighted by Crippen LogP contribution is 2.29. The van der Waals surface area contributed by atoms with Gasteiger partial charge in [-0.05, 0) is 86.1 Å². The Morgan fingerprint density at radius 3 is 1.90 bits per heavy atom. The van der Waals surface area contributed by atoms with Gasteiger partial charge in [0.2, 0.25) is 0 Å². The summed E-state index contributed by atoms with van der Waals surface area (Å²) in [7, 11) is 2.90. The number of ether oxygens (including phenoxy) is 3. The van der Waals surface area contributed by atoms with Gasteiger partial charge in [-0.2, -0.15) is 0 Å². The van der Waals surface area contributed by atoms with Gasteiger partial charge in [-0.3, -0.25) is 14.4 Å². The van der Waals surface area contributed by atoms with Crippen LogP contribution in [0.15, 0.2) is 109 Å². The second kappa shape index (κ2) is 25.5. The number of hydrogen-bond donors (Lipinski definition) is 1. The van der Waals surface area contributed by atoms with Gasteiger partial charge in [0, 0.05) is 6.42 Å². The Bertz CT molecular complexity index is 1580. The van der Waals surface area contributed by atoms with Gasteiger partial charge >= 0.3 is 5.97 Å². The molecule has 0 unspecified atom stereocenters. The molecular formula is C41H47IO8. The standard InChI is InChI=1S/C41H47IO8/c1-4-5-6-7-8-9-12-15-18-36(50-42)19-16-13-10-11-14-17-20-41(46)49-38-28-24-33(30-40(38)48-3)22-26-35(44)31-34(43)25-21-32-23-27-37(45)39(29-32)47-2/h5-6,8-11,15-16,18-19,21-30,36,45H,4,7,12-14,17,20,31H2,1-3H3/b6-5-,9-8-,11-10-,18-15-,19-16-,25-21+,26-22+/t36-/m0/s1. The first-order valence-electron chi connectivity index (χ1n) is 16.5. The van der Waals surface area contributed by atoms with E-state index in [0.29, 0.717) is 23.3 Å². The highest BCUT2D eigenvalue weighted by Gasteiger charge is 2.11. The molecule has 0 amide bonds. The fourth-order valence-corrected chi connectivity index (χ4v) is 4.67. The van der Waals surface area contributed by atoms with E-state index in [1.807, 2.05) is 41.2 Å². The first-order valence-corrected chi connectivity index (χ1v) is 17.4. The van der Waals surface area contributed by atoms with Crippen LogP contribution in [0.5, 0.6) is 23.0 Å². The number of phenols is 1. The van der Waals surface area contributed by atoms with E-state index in [1.165, 1.54) is 32.4 Å². The van der Waals surface area contributed by atoms with Crippen LogP contribution in [0, 0.1) is 0 Å². The number of aromatic hydroxyl groups is 1. The van der Waals surface area contributed by atoms with Crippen molar-refractivity contribution in [1.29, 1.82) is 0 Å². The van der Waals surface area contributed by atoms with Gasteiger partial charge in [0.25, 0.3) is 0 Å². The Morgan fingerprint density at radius 2 is 1.30 bits per heavy atom. The van der Waals surface area contributed by atoms with Crippen molar-refractivity contribution >= 4 is 52.7 Å². The number of carbonyl (C=O) groups is 3. The number of hydrogen-bond acceptors (Lipinski definition) is 8. The van der Waals surface area contributed by atoms with E-state index in [4.69, 9.17) is 17.3 Å². The van der Waals surface area contributed by atoms with Crippen LogP contribution in [0.1, 0.15) is 69.4 Å². The number of allylic oxidation sites excluding steroid dienone is 10. The van der Waals surface area contributed by atoms with Crippen molar-refractivity contribution in [3.63, 3.8) is 0 Å². The summed E-state index contributed by atoms with van der Waals surface area (Å²) in [5, 5.41) is 9.69. The van der Waals surface area contributed by atoms with Crippen molar-refractivity contribution in [2.24, 2.45) is 0 Å². The van der Waals surface area contributed by atoms with Crippen molar-refractivity contribution in [3.8, 4) is 23.0 Å². The fraction of sp³-hybridized carbons (Fsp3) is 0.293. The van der Waals surface area contributed by atoms with Crippen molar-refractivity contribution in [3.05, 3.63) is 120 Å². The molecule has 0 bridgehead atoms. The van der Waals surface area contributed by atoms with E-state index in [0.717, 1.165) is 32.1 Å². The topological polar surface area (TPSA) is 108 Å². The minimum atomic E-state index is -0.372. The summed E-state index contributed by atoms with van der Waals surface area (Å²) in [6.07, 6.45) is 31.6. The summed E-state index contributed by atoms with van der Waals surface area (Å²) < 4.78 is 21.4. The molecule has 0 saturated heterocycles. The van der Waals surface area contributed by atoms with E-state index >= 15 is 0 Å².